The molecule has 0 aliphatic heterocycles. The van der Waals surface area contributed by atoms with Gasteiger partial charge in [0.1, 0.15) is 0 Å². The van der Waals surface area contributed by atoms with Crippen molar-refractivity contribution in [3.8, 4) is 0 Å². The summed E-state index contributed by atoms with van der Waals surface area (Å²) in [5.74, 6) is -0.665. The van der Waals surface area contributed by atoms with Crippen LogP contribution in [0.4, 0.5) is 5.69 Å². The molecule has 0 saturated heterocycles. The van der Waals surface area contributed by atoms with Gasteiger partial charge in [0.15, 0.2) is 0 Å². The molecule has 0 heterocycles. The molecular weight excluding hydrogens is 258 g/mol. The predicted octanol–water partition coefficient (Wildman–Crippen LogP) is 2.91. The van der Waals surface area contributed by atoms with E-state index in [1.165, 1.54) is 7.11 Å². The number of nitrogens with zero attached hydrogens (tertiary/aromatic N) is 1. The van der Waals surface area contributed by atoms with Gasteiger partial charge < -0.3 is 9.47 Å². The highest BCUT2D eigenvalue weighted by molar-refractivity contribution is 6.00. The second-order valence-corrected chi connectivity index (χ2v) is 4.05. The van der Waals surface area contributed by atoms with Crippen molar-refractivity contribution in [1.82, 2.24) is 0 Å². The molecule has 0 aliphatic rings. The van der Waals surface area contributed by atoms with Crippen LogP contribution < -0.4 is 0 Å². The molecule has 1 rings (SSSR count). The van der Waals surface area contributed by atoms with Gasteiger partial charge in [-0.1, -0.05) is 6.92 Å². The zero-order valence-corrected chi connectivity index (χ0v) is 12.0. The van der Waals surface area contributed by atoms with E-state index < -0.39 is 0 Å². The SMILES string of the molecule is CCOC(=O)c1ccc(/N=C(\CC)CC(=O)OC)cc1. The maximum Gasteiger partial charge on any atom is 0.338 e. The number of carbonyl (C=O) groups excluding carboxylic acids is 2. The number of esters is 2. The molecule has 1 aromatic carbocycles. The Kier molecular flexibility index (Phi) is 6.43. The molecule has 0 unspecified atom stereocenters. The van der Waals surface area contributed by atoms with Gasteiger partial charge in [0, 0.05) is 5.71 Å². The van der Waals surface area contributed by atoms with Crippen molar-refractivity contribution >= 4 is 23.3 Å². The van der Waals surface area contributed by atoms with Crippen LogP contribution in [0, 0.1) is 0 Å². The van der Waals surface area contributed by atoms with E-state index in [0.717, 1.165) is 5.71 Å². The second kappa shape index (κ2) is 8.09. The van der Waals surface area contributed by atoms with Crippen molar-refractivity contribution in [2.45, 2.75) is 26.7 Å². The number of ether oxygens (including phenoxy) is 2. The number of methoxy groups -OCH3 is 1. The van der Waals surface area contributed by atoms with E-state index in [-0.39, 0.29) is 18.4 Å². The summed E-state index contributed by atoms with van der Waals surface area (Å²) in [4.78, 5) is 27.1. The Morgan fingerprint density at radius 2 is 1.80 bits per heavy atom. The molecule has 0 saturated carbocycles. The standard InChI is InChI=1S/C15H19NO4/c1-4-12(10-14(17)19-3)16-13-8-6-11(7-9-13)15(18)20-5-2/h6-9H,4-5,10H2,1-3H3/b16-12+. The van der Waals surface area contributed by atoms with Crippen LogP contribution in [-0.2, 0) is 14.3 Å². The molecule has 5 heteroatoms. The average Bonchev–Trinajstić information content (AvgIpc) is 2.47. The van der Waals surface area contributed by atoms with Gasteiger partial charge in [-0.25, -0.2) is 4.79 Å². The van der Waals surface area contributed by atoms with Crippen molar-refractivity contribution in [3.63, 3.8) is 0 Å². The predicted molar refractivity (Wildman–Crippen MR) is 76.4 cm³/mol. The highest BCUT2D eigenvalue weighted by atomic mass is 16.5. The van der Waals surface area contributed by atoms with Crippen LogP contribution in [0.15, 0.2) is 29.3 Å². The van der Waals surface area contributed by atoms with Crippen LogP contribution >= 0.6 is 0 Å². The summed E-state index contributed by atoms with van der Waals surface area (Å²) in [6.45, 7) is 4.03. The van der Waals surface area contributed by atoms with E-state index in [4.69, 9.17) is 4.74 Å². The first-order chi connectivity index (χ1) is 9.60. The lowest BCUT2D eigenvalue weighted by molar-refractivity contribution is -0.139. The van der Waals surface area contributed by atoms with Crippen LogP contribution in [0.5, 0.6) is 0 Å². The Labute approximate surface area is 118 Å². The first-order valence-electron chi connectivity index (χ1n) is 6.51. The topological polar surface area (TPSA) is 65.0 Å². The van der Waals surface area contributed by atoms with Gasteiger partial charge in [-0.2, -0.15) is 0 Å². The fraction of sp³-hybridized carbons (Fsp3) is 0.400. The average molecular weight is 277 g/mol. The molecule has 5 nitrogen and oxygen atoms in total. The summed E-state index contributed by atoms with van der Waals surface area (Å²) >= 11 is 0. The smallest absolute Gasteiger partial charge is 0.338 e. The summed E-state index contributed by atoms with van der Waals surface area (Å²) in [5, 5.41) is 0. The van der Waals surface area contributed by atoms with E-state index in [2.05, 4.69) is 9.73 Å². The van der Waals surface area contributed by atoms with Crippen molar-refractivity contribution in [2.75, 3.05) is 13.7 Å². The lowest BCUT2D eigenvalue weighted by Crippen LogP contribution is -2.08. The Balaban J connectivity index is 2.81. The van der Waals surface area contributed by atoms with E-state index in [1.807, 2.05) is 6.92 Å². The molecule has 0 aliphatic carbocycles. The van der Waals surface area contributed by atoms with Crippen LogP contribution in [0.2, 0.25) is 0 Å². The zero-order chi connectivity index (χ0) is 15.0. The Morgan fingerprint density at radius 1 is 1.15 bits per heavy atom. The molecule has 0 fully saturated rings. The van der Waals surface area contributed by atoms with Crippen LogP contribution in [0.3, 0.4) is 0 Å². The highest BCUT2D eigenvalue weighted by Crippen LogP contribution is 2.15. The van der Waals surface area contributed by atoms with Crippen molar-refractivity contribution in [1.29, 1.82) is 0 Å². The number of carbonyl (C=O) groups is 2. The third-order valence-electron chi connectivity index (χ3n) is 2.65. The monoisotopic (exact) mass is 277 g/mol. The fourth-order valence-electron chi connectivity index (χ4n) is 1.55. The van der Waals surface area contributed by atoms with Gasteiger partial charge in [-0.15, -0.1) is 0 Å². The fourth-order valence-corrected chi connectivity index (χ4v) is 1.55. The van der Waals surface area contributed by atoms with Crippen molar-refractivity contribution in [2.24, 2.45) is 4.99 Å². The molecule has 0 radical (unpaired) electrons. The maximum atomic E-state index is 11.5. The summed E-state index contributed by atoms with van der Waals surface area (Å²) in [6.07, 6.45) is 0.835. The minimum absolute atomic E-state index is 0.173. The molecule has 0 aromatic heterocycles. The van der Waals surface area contributed by atoms with E-state index >= 15 is 0 Å². The summed E-state index contributed by atoms with van der Waals surface area (Å²) < 4.78 is 9.52. The normalized spacial score (nSPS) is 11.1. The number of hydrogen-bond donors (Lipinski definition) is 0. The van der Waals surface area contributed by atoms with Gasteiger partial charge in [0.2, 0.25) is 0 Å². The number of rotatable bonds is 6. The summed E-state index contributed by atoms with van der Waals surface area (Å²) in [5.41, 5.74) is 1.91. The van der Waals surface area contributed by atoms with Crippen molar-refractivity contribution in [3.05, 3.63) is 29.8 Å². The molecule has 0 N–H and O–H groups in total. The molecule has 108 valence electrons. The lowest BCUT2D eigenvalue weighted by atomic mass is 10.2. The first kappa shape index (κ1) is 15.9. The van der Waals surface area contributed by atoms with Crippen LogP contribution in [-0.4, -0.2) is 31.4 Å². The lowest BCUT2D eigenvalue weighted by Gasteiger charge is -2.04. The molecule has 0 amide bonds. The summed E-state index contributed by atoms with van der Waals surface area (Å²) in [7, 11) is 1.35. The Bertz CT molecular complexity index is 491. The third kappa shape index (κ3) is 4.84. The molecule has 1 aromatic rings. The minimum Gasteiger partial charge on any atom is -0.469 e. The molecule has 20 heavy (non-hydrogen) atoms. The number of hydrogen-bond acceptors (Lipinski definition) is 5. The van der Waals surface area contributed by atoms with Gasteiger partial charge in [-0.3, -0.25) is 9.79 Å². The Hall–Kier alpha value is -2.17. The number of benzene rings is 1. The Morgan fingerprint density at radius 3 is 2.30 bits per heavy atom. The third-order valence-corrected chi connectivity index (χ3v) is 2.65. The van der Waals surface area contributed by atoms with Gasteiger partial charge in [0.05, 0.1) is 31.4 Å². The minimum atomic E-state index is -0.353. The highest BCUT2D eigenvalue weighted by Gasteiger charge is 2.07. The van der Waals surface area contributed by atoms with Crippen LogP contribution in [0.1, 0.15) is 37.0 Å². The first-order valence-corrected chi connectivity index (χ1v) is 6.51. The number of aliphatic imine (C=N–C) groups is 1. The van der Waals surface area contributed by atoms with Gasteiger partial charge in [-0.05, 0) is 37.6 Å². The molecule has 0 atom stereocenters. The van der Waals surface area contributed by atoms with Gasteiger partial charge >= 0.3 is 11.9 Å². The maximum absolute atomic E-state index is 11.5. The van der Waals surface area contributed by atoms with Gasteiger partial charge in [0.25, 0.3) is 0 Å². The van der Waals surface area contributed by atoms with Crippen molar-refractivity contribution < 1.29 is 19.1 Å². The van der Waals surface area contributed by atoms with E-state index in [0.29, 0.717) is 24.3 Å². The molecule has 0 spiro atoms. The zero-order valence-electron chi connectivity index (χ0n) is 12.0. The van der Waals surface area contributed by atoms with E-state index in [1.54, 1.807) is 31.2 Å². The van der Waals surface area contributed by atoms with E-state index in [9.17, 15) is 9.59 Å². The largest absolute Gasteiger partial charge is 0.469 e. The molecular formula is C15H19NO4. The second-order valence-electron chi connectivity index (χ2n) is 4.05. The molecule has 0 bridgehead atoms. The quantitative estimate of drug-likeness (QED) is 0.592. The van der Waals surface area contributed by atoms with Crippen LogP contribution in [0.25, 0.3) is 0 Å². The summed E-state index contributed by atoms with van der Waals surface area (Å²) in [6, 6.07) is 6.75.